The summed E-state index contributed by atoms with van der Waals surface area (Å²) in [7, 11) is 0. The quantitative estimate of drug-likeness (QED) is 0.249. The molecular formula is C27H44O5. The van der Waals surface area contributed by atoms with Crippen molar-refractivity contribution >= 4 is 11.9 Å². The molecule has 0 aliphatic rings. The molecule has 0 aliphatic heterocycles. The molecule has 0 heterocycles. The predicted octanol–water partition coefficient (Wildman–Crippen LogP) is 6.93. The van der Waals surface area contributed by atoms with Crippen LogP contribution in [0.25, 0.3) is 0 Å². The van der Waals surface area contributed by atoms with E-state index in [2.05, 4.69) is 4.74 Å². The van der Waals surface area contributed by atoms with Crippen LogP contribution in [0.1, 0.15) is 61.3 Å². The molecule has 0 radical (unpaired) electrons. The van der Waals surface area contributed by atoms with Crippen molar-refractivity contribution in [2.75, 3.05) is 20.0 Å². The van der Waals surface area contributed by atoms with Gasteiger partial charge in [-0.1, -0.05) is 107 Å². The molecule has 1 atom stereocenters. The summed E-state index contributed by atoms with van der Waals surface area (Å²) in [6.45, 7) is 13.7. The molecule has 0 fully saturated rings. The van der Waals surface area contributed by atoms with E-state index in [9.17, 15) is 9.59 Å². The Morgan fingerprint density at radius 2 is 1.00 bits per heavy atom. The minimum absolute atomic E-state index is 0.00760. The largest absolute Gasteiger partial charge is 0.466 e. The number of benzene rings is 2. The predicted molar refractivity (Wildman–Crippen MR) is 133 cm³/mol. The van der Waals surface area contributed by atoms with Crippen LogP contribution in [0.3, 0.4) is 0 Å². The van der Waals surface area contributed by atoms with Gasteiger partial charge in [0.25, 0.3) is 0 Å². The summed E-state index contributed by atoms with van der Waals surface area (Å²) in [5.74, 6) is -0.276. The van der Waals surface area contributed by atoms with E-state index in [1.807, 2.05) is 107 Å². The fraction of sp³-hybridized carbons (Fsp3) is 0.481. The Bertz CT molecular complexity index is 503. The molecule has 32 heavy (non-hydrogen) atoms. The molecule has 2 rings (SSSR count). The van der Waals surface area contributed by atoms with Gasteiger partial charge in [0, 0.05) is 13.8 Å². The van der Waals surface area contributed by atoms with Gasteiger partial charge in [-0.2, -0.15) is 0 Å². The van der Waals surface area contributed by atoms with Crippen molar-refractivity contribution in [2.45, 2.75) is 61.3 Å². The number of carbonyl (C=O) groups excluding carboxylic acids is 2. The van der Waals surface area contributed by atoms with E-state index in [4.69, 9.17) is 9.47 Å². The van der Waals surface area contributed by atoms with Crippen LogP contribution in [-0.4, -0.2) is 31.9 Å². The van der Waals surface area contributed by atoms with Crippen molar-refractivity contribution in [1.82, 2.24) is 0 Å². The standard InChI is InChI=1S/C11H20O5.2C6H6.2C2H6/c1-9(7-15-10(2)12)5-4-6-14-8-16-11(3)13;2*1-2-4-6-5-3-1;2*1-2/h9H,4-8H2,1-3H3;2*1-6H;2*1-2H3. The Morgan fingerprint density at radius 1 is 0.656 bits per heavy atom. The first kappa shape index (κ1) is 34.0. The highest BCUT2D eigenvalue weighted by molar-refractivity contribution is 5.66. The third-order valence-electron chi connectivity index (χ3n) is 3.24. The summed E-state index contributed by atoms with van der Waals surface area (Å²) >= 11 is 0. The fourth-order valence-corrected chi connectivity index (χ4v) is 1.83. The lowest BCUT2D eigenvalue weighted by Gasteiger charge is -2.10. The highest BCUT2D eigenvalue weighted by Crippen LogP contribution is 2.06. The lowest BCUT2D eigenvalue weighted by atomic mass is 10.1. The molecule has 0 saturated carbocycles. The van der Waals surface area contributed by atoms with Gasteiger partial charge in [0.05, 0.1) is 13.2 Å². The topological polar surface area (TPSA) is 61.8 Å². The zero-order chi connectivity index (χ0) is 24.9. The maximum absolute atomic E-state index is 10.5. The second kappa shape index (κ2) is 30.5. The van der Waals surface area contributed by atoms with E-state index in [0.717, 1.165) is 12.8 Å². The second-order valence-electron chi connectivity index (χ2n) is 6.02. The fourth-order valence-electron chi connectivity index (χ4n) is 1.83. The average molecular weight is 449 g/mol. The molecule has 0 amide bonds. The zero-order valence-electron chi connectivity index (χ0n) is 21.1. The van der Waals surface area contributed by atoms with Crippen LogP contribution >= 0.6 is 0 Å². The number of esters is 2. The van der Waals surface area contributed by atoms with Crippen molar-refractivity contribution in [1.29, 1.82) is 0 Å². The van der Waals surface area contributed by atoms with Crippen molar-refractivity contribution in [2.24, 2.45) is 5.92 Å². The summed E-state index contributed by atoms with van der Waals surface area (Å²) in [6, 6.07) is 24.0. The van der Waals surface area contributed by atoms with Gasteiger partial charge in [0.2, 0.25) is 0 Å². The molecule has 1 unspecified atom stereocenters. The number of hydrogen-bond donors (Lipinski definition) is 0. The van der Waals surface area contributed by atoms with Crippen molar-refractivity contribution in [3.8, 4) is 0 Å². The smallest absolute Gasteiger partial charge is 0.304 e. The van der Waals surface area contributed by atoms with Gasteiger partial charge in [-0.05, 0) is 18.8 Å². The van der Waals surface area contributed by atoms with Crippen molar-refractivity contribution in [3.05, 3.63) is 72.8 Å². The van der Waals surface area contributed by atoms with Gasteiger partial charge in [0.1, 0.15) is 0 Å². The van der Waals surface area contributed by atoms with Crippen LogP contribution < -0.4 is 0 Å². The minimum Gasteiger partial charge on any atom is -0.466 e. The van der Waals surface area contributed by atoms with E-state index in [-0.39, 0.29) is 18.7 Å². The average Bonchev–Trinajstić information content (AvgIpc) is 2.85. The van der Waals surface area contributed by atoms with Crippen LogP contribution in [0.4, 0.5) is 0 Å². The molecule has 0 saturated heterocycles. The highest BCUT2D eigenvalue weighted by Gasteiger charge is 2.04. The molecule has 5 nitrogen and oxygen atoms in total. The third kappa shape index (κ3) is 34.8. The van der Waals surface area contributed by atoms with Gasteiger partial charge in [-0.3, -0.25) is 9.59 Å². The Morgan fingerprint density at radius 3 is 1.31 bits per heavy atom. The Labute approximate surface area is 196 Å². The van der Waals surface area contributed by atoms with E-state index in [1.54, 1.807) is 0 Å². The van der Waals surface area contributed by atoms with E-state index in [0.29, 0.717) is 19.1 Å². The van der Waals surface area contributed by atoms with Crippen LogP contribution in [0.2, 0.25) is 0 Å². The minimum atomic E-state index is -0.344. The summed E-state index contributed by atoms with van der Waals surface area (Å²) in [5.41, 5.74) is 0. The summed E-state index contributed by atoms with van der Waals surface area (Å²) in [4.78, 5) is 20.9. The third-order valence-corrected chi connectivity index (χ3v) is 3.24. The van der Waals surface area contributed by atoms with Gasteiger partial charge in [-0.25, -0.2) is 0 Å². The number of rotatable bonds is 8. The first-order chi connectivity index (χ1) is 15.5. The van der Waals surface area contributed by atoms with Gasteiger partial charge < -0.3 is 14.2 Å². The van der Waals surface area contributed by atoms with Crippen LogP contribution in [0.15, 0.2) is 72.8 Å². The van der Waals surface area contributed by atoms with Gasteiger partial charge >= 0.3 is 11.9 Å². The maximum Gasteiger partial charge on any atom is 0.304 e. The molecule has 0 bridgehead atoms. The number of carbonyl (C=O) groups is 2. The van der Waals surface area contributed by atoms with Crippen LogP contribution in [0.5, 0.6) is 0 Å². The van der Waals surface area contributed by atoms with Crippen molar-refractivity contribution < 1.29 is 23.8 Å². The summed E-state index contributed by atoms with van der Waals surface area (Å²) < 4.78 is 14.5. The molecule has 0 aliphatic carbocycles. The van der Waals surface area contributed by atoms with E-state index in [1.165, 1.54) is 13.8 Å². The Kier molecular flexibility index (Phi) is 32.4. The van der Waals surface area contributed by atoms with Crippen LogP contribution in [-0.2, 0) is 23.8 Å². The molecule has 2 aromatic rings. The SMILES string of the molecule is CC.CC.CC(=O)OCOCCCC(C)COC(C)=O.c1ccccc1.c1ccccc1. The van der Waals surface area contributed by atoms with E-state index < -0.39 is 0 Å². The zero-order valence-corrected chi connectivity index (χ0v) is 21.1. The maximum atomic E-state index is 10.5. The molecule has 182 valence electrons. The first-order valence-electron chi connectivity index (χ1n) is 11.4. The Balaban J connectivity index is -0.000000425. The molecule has 2 aromatic carbocycles. The highest BCUT2D eigenvalue weighted by atomic mass is 16.7. The first-order valence-corrected chi connectivity index (χ1v) is 11.4. The Hall–Kier alpha value is -2.66. The lowest BCUT2D eigenvalue weighted by Crippen LogP contribution is -2.11. The lowest BCUT2D eigenvalue weighted by molar-refractivity contribution is -0.153. The summed E-state index contributed by atoms with van der Waals surface area (Å²) in [5, 5.41) is 0. The van der Waals surface area contributed by atoms with Crippen LogP contribution in [0, 0.1) is 5.92 Å². The van der Waals surface area contributed by atoms with Gasteiger partial charge in [0.15, 0.2) is 6.79 Å². The molecule has 0 spiro atoms. The molecular weight excluding hydrogens is 404 g/mol. The normalized spacial score (nSPS) is 9.34. The summed E-state index contributed by atoms with van der Waals surface area (Å²) in [6.07, 6.45) is 1.76. The molecule has 5 heteroatoms. The van der Waals surface area contributed by atoms with Crippen molar-refractivity contribution in [3.63, 3.8) is 0 Å². The van der Waals surface area contributed by atoms with E-state index >= 15 is 0 Å². The molecule has 0 aromatic heterocycles. The number of ether oxygens (including phenoxy) is 3. The number of hydrogen-bond acceptors (Lipinski definition) is 5. The monoisotopic (exact) mass is 448 g/mol. The van der Waals surface area contributed by atoms with Gasteiger partial charge in [-0.15, -0.1) is 0 Å². The second-order valence-corrected chi connectivity index (χ2v) is 6.02. The molecule has 0 N–H and O–H groups in total.